The fourth-order valence-electron chi connectivity index (χ4n) is 1.02. The SMILES string of the molecule is CNC(=O)c1ccc(OCCN)cc1.Cl. The molecule has 0 aliphatic rings. The number of halogens is 1. The van der Waals surface area contributed by atoms with E-state index in [0.717, 1.165) is 5.75 Å². The fraction of sp³-hybridized carbons (Fsp3) is 0.300. The average Bonchev–Trinajstić information content (AvgIpc) is 2.26. The first-order chi connectivity index (χ1) is 6.77. The normalized spacial score (nSPS) is 8.93. The number of hydrogen-bond donors (Lipinski definition) is 2. The van der Waals surface area contributed by atoms with Crippen LogP contribution < -0.4 is 15.8 Å². The van der Waals surface area contributed by atoms with E-state index in [2.05, 4.69) is 5.32 Å². The Morgan fingerprint density at radius 1 is 1.40 bits per heavy atom. The third kappa shape index (κ3) is 4.18. The van der Waals surface area contributed by atoms with E-state index in [9.17, 15) is 4.79 Å². The summed E-state index contributed by atoms with van der Waals surface area (Å²) in [6, 6.07) is 6.93. The van der Waals surface area contributed by atoms with E-state index < -0.39 is 0 Å². The molecule has 15 heavy (non-hydrogen) atoms. The molecule has 1 amide bonds. The highest BCUT2D eigenvalue weighted by molar-refractivity contribution is 5.94. The standard InChI is InChI=1S/C10H14N2O2.ClH/c1-12-10(13)8-2-4-9(5-3-8)14-7-6-11;/h2-5H,6-7,11H2,1H3,(H,12,13);1H. The van der Waals surface area contributed by atoms with E-state index >= 15 is 0 Å². The van der Waals surface area contributed by atoms with Crippen LogP contribution in [0.4, 0.5) is 0 Å². The first-order valence-electron chi connectivity index (χ1n) is 4.43. The second-order valence-corrected chi connectivity index (χ2v) is 2.74. The molecule has 1 rings (SSSR count). The van der Waals surface area contributed by atoms with Crippen LogP contribution in [0.1, 0.15) is 10.4 Å². The minimum atomic E-state index is -0.102. The molecule has 0 aliphatic carbocycles. The maximum absolute atomic E-state index is 11.2. The first-order valence-corrected chi connectivity index (χ1v) is 4.43. The first kappa shape index (κ1) is 13.7. The van der Waals surface area contributed by atoms with E-state index in [4.69, 9.17) is 10.5 Å². The summed E-state index contributed by atoms with van der Waals surface area (Å²) in [5.41, 5.74) is 5.91. The topological polar surface area (TPSA) is 64.3 Å². The van der Waals surface area contributed by atoms with Gasteiger partial charge in [-0.05, 0) is 24.3 Å². The summed E-state index contributed by atoms with van der Waals surface area (Å²) in [5, 5.41) is 2.54. The molecule has 0 spiro atoms. The third-order valence-corrected chi connectivity index (χ3v) is 1.73. The Morgan fingerprint density at radius 3 is 2.47 bits per heavy atom. The van der Waals surface area contributed by atoms with Crippen molar-refractivity contribution in [1.29, 1.82) is 0 Å². The minimum Gasteiger partial charge on any atom is -0.492 e. The highest BCUT2D eigenvalue weighted by Gasteiger charge is 2.01. The Hall–Kier alpha value is -1.26. The fourth-order valence-corrected chi connectivity index (χ4v) is 1.02. The van der Waals surface area contributed by atoms with E-state index in [1.807, 2.05) is 0 Å². The van der Waals surface area contributed by atoms with Crippen molar-refractivity contribution in [2.45, 2.75) is 0 Å². The number of amides is 1. The second kappa shape index (κ2) is 7.09. The van der Waals surface area contributed by atoms with Crippen molar-refractivity contribution in [2.75, 3.05) is 20.2 Å². The Morgan fingerprint density at radius 2 is 2.00 bits per heavy atom. The van der Waals surface area contributed by atoms with Gasteiger partial charge in [0.15, 0.2) is 0 Å². The Kier molecular flexibility index (Phi) is 6.49. The predicted molar refractivity (Wildman–Crippen MR) is 61.6 cm³/mol. The number of carbonyl (C=O) groups is 1. The zero-order valence-corrected chi connectivity index (χ0v) is 9.34. The monoisotopic (exact) mass is 230 g/mol. The number of nitrogens with one attached hydrogen (secondary N) is 1. The zero-order valence-electron chi connectivity index (χ0n) is 8.53. The molecule has 0 radical (unpaired) electrons. The lowest BCUT2D eigenvalue weighted by molar-refractivity contribution is 0.0963. The van der Waals surface area contributed by atoms with Gasteiger partial charge in [-0.1, -0.05) is 0 Å². The van der Waals surface area contributed by atoms with Crippen LogP contribution in [0.15, 0.2) is 24.3 Å². The number of nitrogens with two attached hydrogens (primary N) is 1. The minimum absolute atomic E-state index is 0. The molecule has 0 heterocycles. The number of rotatable bonds is 4. The molecular weight excluding hydrogens is 216 g/mol. The van der Waals surface area contributed by atoms with E-state index in [-0.39, 0.29) is 18.3 Å². The van der Waals surface area contributed by atoms with Crippen LogP contribution in [0.25, 0.3) is 0 Å². The second-order valence-electron chi connectivity index (χ2n) is 2.74. The summed E-state index contributed by atoms with van der Waals surface area (Å²) in [4.78, 5) is 11.2. The van der Waals surface area contributed by atoms with Crippen LogP contribution in [0.2, 0.25) is 0 Å². The van der Waals surface area contributed by atoms with Crippen LogP contribution in [0, 0.1) is 0 Å². The average molecular weight is 231 g/mol. The molecule has 0 aromatic heterocycles. The molecule has 84 valence electrons. The molecule has 0 unspecified atom stereocenters. The highest BCUT2D eigenvalue weighted by atomic mass is 35.5. The molecule has 1 aromatic rings. The molecule has 0 aliphatic heterocycles. The summed E-state index contributed by atoms with van der Waals surface area (Å²) in [6.45, 7) is 0.969. The van der Waals surface area contributed by atoms with Crippen molar-refractivity contribution in [3.8, 4) is 5.75 Å². The molecule has 0 bridgehead atoms. The van der Waals surface area contributed by atoms with Crippen molar-refractivity contribution in [3.05, 3.63) is 29.8 Å². The quantitative estimate of drug-likeness (QED) is 0.805. The summed E-state index contributed by atoms with van der Waals surface area (Å²) in [6.07, 6.45) is 0. The summed E-state index contributed by atoms with van der Waals surface area (Å²) < 4.78 is 5.27. The van der Waals surface area contributed by atoms with Gasteiger partial charge in [-0.2, -0.15) is 0 Å². The van der Waals surface area contributed by atoms with Gasteiger partial charge >= 0.3 is 0 Å². The van der Waals surface area contributed by atoms with Gasteiger partial charge in [-0.25, -0.2) is 0 Å². The van der Waals surface area contributed by atoms with Crippen molar-refractivity contribution in [2.24, 2.45) is 5.73 Å². The van der Waals surface area contributed by atoms with E-state index in [1.165, 1.54) is 0 Å². The van der Waals surface area contributed by atoms with Crippen LogP contribution in [0.3, 0.4) is 0 Å². The van der Waals surface area contributed by atoms with Crippen LogP contribution in [0.5, 0.6) is 5.75 Å². The van der Waals surface area contributed by atoms with Gasteiger partial charge in [0.25, 0.3) is 5.91 Å². The van der Waals surface area contributed by atoms with Crippen molar-refractivity contribution in [1.82, 2.24) is 5.32 Å². The third-order valence-electron chi connectivity index (χ3n) is 1.73. The van der Waals surface area contributed by atoms with Crippen LogP contribution >= 0.6 is 12.4 Å². The molecule has 0 fully saturated rings. The molecule has 0 atom stereocenters. The lowest BCUT2D eigenvalue weighted by Crippen LogP contribution is -2.17. The number of hydrogen-bond acceptors (Lipinski definition) is 3. The molecular formula is C10H15ClN2O2. The highest BCUT2D eigenvalue weighted by Crippen LogP contribution is 2.11. The Bertz CT molecular complexity index is 301. The lowest BCUT2D eigenvalue weighted by Gasteiger charge is -2.04. The molecule has 1 aromatic carbocycles. The summed E-state index contributed by atoms with van der Waals surface area (Å²) >= 11 is 0. The maximum atomic E-state index is 11.2. The van der Waals surface area contributed by atoms with Crippen LogP contribution in [-0.2, 0) is 0 Å². The molecule has 5 heteroatoms. The number of ether oxygens (including phenoxy) is 1. The van der Waals surface area contributed by atoms with Gasteiger partial charge in [0.05, 0.1) is 0 Å². The summed E-state index contributed by atoms with van der Waals surface area (Å²) in [7, 11) is 1.60. The Labute approximate surface area is 95.2 Å². The van der Waals surface area contributed by atoms with Crippen molar-refractivity contribution >= 4 is 18.3 Å². The van der Waals surface area contributed by atoms with Crippen molar-refractivity contribution < 1.29 is 9.53 Å². The number of carbonyl (C=O) groups excluding carboxylic acids is 1. The van der Waals surface area contributed by atoms with Gasteiger partial charge in [-0.3, -0.25) is 4.79 Å². The molecule has 4 nitrogen and oxygen atoms in total. The lowest BCUT2D eigenvalue weighted by atomic mass is 10.2. The predicted octanol–water partition coefficient (Wildman–Crippen LogP) is 0.805. The van der Waals surface area contributed by atoms with Gasteiger partial charge in [0.2, 0.25) is 0 Å². The zero-order chi connectivity index (χ0) is 10.4. The molecule has 0 saturated carbocycles. The van der Waals surface area contributed by atoms with Gasteiger partial charge in [-0.15, -0.1) is 12.4 Å². The van der Waals surface area contributed by atoms with Gasteiger partial charge in [0.1, 0.15) is 12.4 Å². The van der Waals surface area contributed by atoms with Gasteiger partial charge < -0.3 is 15.8 Å². The van der Waals surface area contributed by atoms with Gasteiger partial charge in [0, 0.05) is 19.2 Å². The van der Waals surface area contributed by atoms with E-state index in [1.54, 1.807) is 31.3 Å². The smallest absolute Gasteiger partial charge is 0.251 e. The van der Waals surface area contributed by atoms with Crippen LogP contribution in [-0.4, -0.2) is 26.1 Å². The van der Waals surface area contributed by atoms with E-state index in [0.29, 0.717) is 18.7 Å². The largest absolute Gasteiger partial charge is 0.492 e. The maximum Gasteiger partial charge on any atom is 0.251 e. The summed E-state index contributed by atoms with van der Waals surface area (Å²) in [5.74, 6) is 0.624. The molecule has 3 N–H and O–H groups in total. The molecule has 0 saturated heterocycles. The number of benzene rings is 1. The van der Waals surface area contributed by atoms with Crippen molar-refractivity contribution in [3.63, 3.8) is 0 Å². The Balaban J connectivity index is 0.00000196.